The molecule has 3 nitrogen and oxygen atoms in total. The Hall–Kier alpha value is -0.818. The monoisotopic (exact) mass is 222 g/mol. The fourth-order valence-corrected chi connectivity index (χ4v) is 2.15. The van der Waals surface area contributed by atoms with Crippen LogP contribution in [-0.2, 0) is 5.41 Å². The lowest BCUT2D eigenvalue weighted by atomic mass is 9.86. The Labute approximate surface area is 95.8 Å². The normalized spacial score (nSPS) is 11.2. The van der Waals surface area contributed by atoms with Gasteiger partial charge in [0.05, 0.1) is 0 Å². The molecule has 4 heteroatoms. The molecule has 0 aliphatic rings. The highest BCUT2D eigenvalue weighted by Crippen LogP contribution is 2.21. The topological polar surface area (TPSA) is 57.5 Å². The van der Waals surface area contributed by atoms with Crippen LogP contribution in [0, 0.1) is 0 Å². The van der Waals surface area contributed by atoms with E-state index in [4.69, 9.17) is 5.11 Å². The van der Waals surface area contributed by atoms with E-state index in [1.54, 1.807) is 6.07 Å². The molecule has 0 spiro atoms. The minimum absolute atomic E-state index is 0.0185. The fourth-order valence-electron chi connectivity index (χ4n) is 1.40. The molecule has 0 fully saturated rings. The Balaban J connectivity index is 3.25. The van der Waals surface area contributed by atoms with E-state index in [1.165, 1.54) is 0 Å². The highest BCUT2D eigenvalue weighted by Gasteiger charge is 2.17. The van der Waals surface area contributed by atoms with Gasteiger partial charge in [0, 0.05) is 5.56 Å². The van der Waals surface area contributed by atoms with E-state index in [1.807, 2.05) is 12.1 Å². The molecule has 1 rings (SSSR count). The summed E-state index contributed by atoms with van der Waals surface area (Å²) < 4.78 is 9.84. The molecular weight excluding hydrogens is 207 g/mol. The lowest BCUT2D eigenvalue weighted by Crippen LogP contribution is -2.25. The second-order valence-electron chi connectivity index (χ2n) is 4.59. The van der Waals surface area contributed by atoms with Crippen molar-refractivity contribution in [3.05, 3.63) is 29.3 Å². The number of rotatable bonds is 2. The van der Waals surface area contributed by atoms with Crippen molar-refractivity contribution in [3.8, 4) is 0 Å². The van der Waals surface area contributed by atoms with E-state index in [-0.39, 0.29) is 11.0 Å². The van der Waals surface area contributed by atoms with E-state index >= 15 is 0 Å². The molecule has 0 aliphatic carbocycles. The molecule has 0 heterocycles. The lowest BCUT2D eigenvalue weighted by Gasteiger charge is -2.20. The average molecular weight is 222 g/mol. The quantitative estimate of drug-likeness (QED) is 0.722. The SMILES string of the molecule is CC(C)(C)c1ccc(C(=O)O)[c]([AlH][OH])c1. The first-order valence-electron chi connectivity index (χ1n) is 4.84. The fraction of sp³-hybridized carbons (Fsp3) is 0.364. The maximum absolute atomic E-state index is 10.9. The van der Waals surface area contributed by atoms with Crippen LogP contribution in [-0.4, -0.2) is 30.8 Å². The van der Waals surface area contributed by atoms with Crippen molar-refractivity contribution in [1.82, 2.24) is 0 Å². The van der Waals surface area contributed by atoms with E-state index in [0.29, 0.717) is 4.43 Å². The molecule has 1 aromatic rings. The molecule has 0 saturated carbocycles. The Bertz CT molecular complexity index is 380. The van der Waals surface area contributed by atoms with Gasteiger partial charge in [-0.25, -0.2) is 4.79 Å². The summed E-state index contributed by atoms with van der Waals surface area (Å²) in [4.78, 5) is 10.9. The first-order valence-corrected chi connectivity index (χ1v) is 6.18. The standard InChI is InChI=1S/C11H13O2.Al.H2O.H/c1-11(2,3)9-6-4-8(5-7-9)10(12)13;;;/h4,6-7H,1-3H3,(H,12,13);;1H2;/q;+1;;/p-1. The highest BCUT2D eigenvalue weighted by molar-refractivity contribution is 6.48. The van der Waals surface area contributed by atoms with Crippen molar-refractivity contribution in [1.29, 1.82) is 0 Å². The zero-order valence-electron chi connectivity index (χ0n) is 9.24. The van der Waals surface area contributed by atoms with Crippen LogP contribution in [0.15, 0.2) is 18.2 Å². The third kappa shape index (κ3) is 2.82. The van der Waals surface area contributed by atoms with Crippen molar-refractivity contribution in [2.45, 2.75) is 26.2 Å². The number of aromatic carboxylic acids is 1. The molecule has 0 aromatic heterocycles. The number of benzene rings is 1. The van der Waals surface area contributed by atoms with Gasteiger partial charge < -0.3 is 9.26 Å². The van der Waals surface area contributed by atoms with Crippen molar-refractivity contribution < 1.29 is 14.1 Å². The molecule has 0 radical (unpaired) electrons. The molecule has 0 atom stereocenters. The molecule has 0 amide bonds. The van der Waals surface area contributed by atoms with Gasteiger partial charge in [0.25, 0.3) is 0 Å². The van der Waals surface area contributed by atoms with Gasteiger partial charge in [-0.3, -0.25) is 0 Å². The molecule has 2 N–H and O–H groups in total. The van der Waals surface area contributed by atoms with Crippen molar-refractivity contribution in [3.63, 3.8) is 0 Å². The highest BCUT2D eigenvalue weighted by atomic mass is 27.1. The summed E-state index contributed by atoms with van der Waals surface area (Å²) in [5.74, 6) is -0.966. The summed E-state index contributed by atoms with van der Waals surface area (Å²) in [7, 11) is 0. The number of carbonyl (C=O) groups is 1. The molecule has 0 bridgehead atoms. The number of carboxylic acids is 1. The van der Waals surface area contributed by atoms with E-state index < -0.39 is 21.5 Å². The Morgan fingerprint density at radius 1 is 1.33 bits per heavy atom. The summed E-state index contributed by atoms with van der Waals surface area (Å²) >= 11 is -1.44. The maximum Gasteiger partial charge on any atom is 0.475 e. The first kappa shape index (κ1) is 12.3. The predicted molar refractivity (Wildman–Crippen MR) is 61.1 cm³/mol. The van der Waals surface area contributed by atoms with Crippen LogP contribution >= 0.6 is 0 Å². The van der Waals surface area contributed by atoms with Crippen molar-refractivity contribution in [2.75, 3.05) is 0 Å². The second-order valence-corrected chi connectivity index (χ2v) is 5.66. The Morgan fingerprint density at radius 2 is 1.93 bits per heavy atom. The summed E-state index contributed by atoms with van der Waals surface area (Å²) in [5.41, 5.74) is 1.27. The minimum Gasteiger partial charge on any atom is -0.515 e. The molecule has 15 heavy (non-hydrogen) atoms. The minimum atomic E-state index is -1.44. The van der Waals surface area contributed by atoms with Gasteiger partial charge in [0.15, 0.2) is 0 Å². The summed E-state index contributed by atoms with van der Waals surface area (Å²) in [6, 6.07) is 5.22. The van der Waals surface area contributed by atoms with Gasteiger partial charge in [0.2, 0.25) is 0 Å². The van der Waals surface area contributed by atoms with Crippen LogP contribution in [0.2, 0.25) is 0 Å². The largest absolute Gasteiger partial charge is 0.515 e. The maximum atomic E-state index is 10.9. The smallest absolute Gasteiger partial charge is 0.475 e. The van der Waals surface area contributed by atoms with Crippen LogP contribution in [0.25, 0.3) is 0 Å². The first-order chi connectivity index (χ1) is 6.86. The molecular formula is C11H15AlO3. The Kier molecular flexibility index (Phi) is 3.56. The number of hydrogen-bond acceptors (Lipinski definition) is 2. The summed E-state index contributed by atoms with van der Waals surface area (Å²) in [5, 5.41) is 8.90. The second kappa shape index (κ2) is 4.36. The van der Waals surface area contributed by atoms with E-state index in [2.05, 4.69) is 20.8 Å². The summed E-state index contributed by atoms with van der Waals surface area (Å²) in [6.45, 7) is 6.18. The summed E-state index contributed by atoms with van der Waals surface area (Å²) in [6.07, 6.45) is 0. The zero-order valence-corrected chi connectivity index (χ0v) is 10.7. The third-order valence-corrected chi connectivity index (χ3v) is 3.30. The lowest BCUT2D eigenvalue weighted by molar-refractivity contribution is 0.0698. The van der Waals surface area contributed by atoms with E-state index in [0.717, 1.165) is 5.56 Å². The predicted octanol–water partition coefficient (Wildman–Crippen LogP) is 0.651. The van der Waals surface area contributed by atoms with Crippen molar-refractivity contribution >= 4 is 25.9 Å². The van der Waals surface area contributed by atoms with Gasteiger partial charge in [0.1, 0.15) is 0 Å². The van der Waals surface area contributed by atoms with E-state index in [9.17, 15) is 8.95 Å². The van der Waals surface area contributed by atoms with Gasteiger partial charge in [-0.2, -0.15) is 0 Å². The van der Waals surface area contributed by atoms with Crippen molar-refractivity contribution in [2.24, 2.45) is 0 Å². The molecule has 0 aliphatic heterocycles. The average Bonchev–Trinajstić information content (AvgIpc) is 2.15. The van der Waals surface area contributed by atoms with Gasteiger partial charge in [-0.15, -0.1) is 0 Å². The van der Waals surface area contributed by atoms with Crippen LogP contribution in [0.5, 0.6) is 0 Å². The van der Waals surface area contributed by atoms with Gasteiger partial charge in [-0.1, -0.05) is 37.3 Å². The van der Waals surface area contributed by atoms with Crippen LogP contribution in [0.4, 0.5) is 0 Å². The van der Waals surface area contributed by atoms with Gasteiger partial charge >= 0.3 is 21.5 Å². The molecule has 80 valence electrons. The zero-order chi connectivity index (χ0) is 11.6. The van der Waals surface area contributed by atoms with Crippen LogP contribution in [0.3, 0.4) is 0 Å². The third-order valence-electron chi connectivity index (χ3n) is 2.37. The van der Waals surface area contributed by atoms with Gasteiger partial charge in [-0.05, 0) is 17.0 Å². The molecule has 1 aromatic carbocycles. The van der Waals surface area contributed by atoms with Crippen LogP contribution in [0.1, 0.15) is 36.7 Å². The number of hydrogen-bond donors (Lipinski definition) is 2. The molecule has 0 saturated heterocycles. The van der Waals surface area contributed by atoms with Crippen LogP contribution < -0.4 is 4.43 Å². The molecule has 0 unspecified atom stereocenters. The Morgan fingerprint density at radius 3 is 2.33 bits per heavy atom. The number of carboxylic acid groups (broad SMARTS) is 1.